The minimum atomic E-state index is -0.800. The fraction of sp³-hybridized carbons (Fsp3) is 0.412. The van der Waals surface area contributed by atoms with E-state index in [1.54, 1.807) is 13.0 Å². The molecule has 0 fully saturated rings. The molecule has 1 aromatic carbocycles. The van der Waals surface area contributed by atoms with Crippen molar-refractivity contribution >= 4 is 23.7 Å². The molecule has 0 radical (unpaired) electrons. The quantitative estimate of drug-likeness (QED) is 0.453. The number of ether oxygens (including phenoxy) is 3. The molecule has 1 aromatic rings. The van der Waals surface area contributed by atoms with Gasteiger partial charge in [-0.15, -0.1) is 0 Å². The van der Waals surface area contributed by atoms with Gasteiger partial charge in [-0.05, 0) is 19.1 Å². The van der Waals surface area contributed by atoms with Crippen LogP contribution in [0.1, 0.15) is 17.3 Å². The molecule has 0 aliphatic heterocycles. The predicted octanol–water partition coefficient (Wildman–Crippen LogP) is -0.771. The summed E-state index contributed by atoms with van der Waals surface area (Å²) in [6, 6.07) is 4.57. The summed E-state index contributed by atoms with van der Waals surface area (Å²) < 4.78 is 14.9. The molecule has 1 rings (SSSR count). The fourth-order valence-corrected chi connectivity index (χ4v) is 1.88. The highest BCUT2D eigenvalue weighted by atomic mass is 16.5. The van der Waals surface area contributed by atoms with Gasteiger partial charge in [-0.25, -0.2) is 0 Å². The topological polar surface area (TPSA) is 132 Å². The van der Waals surface area contributed by atoms with Crippen LogP contribution in [0.4, 0.5) is 0 Å². The molecule has 0 bridgehead atoms. The third-order valence-electron chi connectivity index (χ3n) is 3.19. The summed E-state index contributed by atoms with van der Waals surface area (Å²) >= 11 is 0. The van der Waals surface area contributed by atoms with Crippen molar-refractivity contribution in [2.24, 2.45) is 0 Å². The van der Waals surface area contributed by atoms with E-state index in [4.69, 9.17) is 14.2 Å². The molecule has 0 spiro atoms. The standard InChI is InChI=1S/C17H23N3O7/c1-4-18-14(21)8-19-15(22)10-27-16(23)9-20-17(24)11-5-12(25-2)7-13(6-11)26-3/h5-7H,4,8-10H2,1-3H3,(H,18,21)(H,19,22)(H,20,24). The van der Waals surface area contributed by atoms with Gasteiger partial charge in [0.05, 0.1) is 20.8 Å². The van der Waals surface area contributed by atoms with Crippen LogP contribution in [0.25, 0.3) is 0 Å². The Morgan fingerprint density at radius 2 is 1.48 bits per heavy atom. The number of nitrogens with one attached hydrogen (secondary N) is 3. The van der Waals surface area contributed by atoms with Crippen molar-refractivity contribution in [3.05, 3.63) is 23.8 Å². The third kappa shape index (κ3) is 8.08. The summed E-state index contributed by atoms with van der Waals surface area (Å²) in [6.45, 7) is 1.00. The van der Waals surface area contributed by atoms with Crippen LogP contribution >= 0.6 is 0 Å². The minimum absolute atomic E-state index is 0.210. The largest absolute Gasteiger partial charge is 0.497 e. The lowest BCUT2D eigenvalue weighted by atomic mass is 10.2. The maximum Gasteiger partial charge on any atom is 0.325 e. The number of benzene rings is 1. The van der Waals surface area contributed by atoms with E-state index < -0.39 is 30.9 Å². The summed E-state index contributed by atoms with van der Waals surface area (Å²) in [5, 5.41) is 7.17. The highest BCUT2D eigenvalue weighted by Gasteiger charge is 2.13. The van der Waals surface area contributed by atoms with Crippen molar-refractivity contribution in [1.29, 1.82) is 0 Å². The summed E-state index contributed by atoms with van der Waals surface area (Å²) in [7, 11) is 2.90. The number of carbonyl (C=O) groups excluding carboxylic acids is 4. The predicted molar refractivity (Wildman–Crippen MR) is 94.5 cm³/mol. The Morgan fingerprint density at radius 3 is 2.04 bits per heavy atom. The molecule has 3 amide bonds. The normalized spacial score (nSPS) is 9.74. The van der Waals surface area contributed by atoms with Crippen molar-refractivity contribution in [2.45, 2.75) is 6.92 Å². The molecule has 0 atom stereocenters. The molecule has 0 aromatic heterocycles. The Labute approximate surface area is 156 Å². The van der Waals surface area contributed by atoms with E-state index in [9.17, 15) is 19.2 Å². The Bertz CT molecular complexity index is 669. The van der Waals surface area contributed by atoms with Gasteiger partial charge >= 0.3 is 5.97 Å². The first kappa shape index (κ1) is 21.7. The minimum Gasteiger partial charge on any atom is -0.497 e. The van der Waals surface area contributed by atoms with Gasteiger partial charge < -0.3 is 30.2 Å². The van der Waals surface area contributed by atoms with Gasteiger partial charge in [0.15, 0.2) is 6.61 Å². The molecule has 27 heavy (non-hydrogen) atoms. The lowest BCUT2D eigenvalue weighted by molar-refractivity contribution is -0.147. The van der Waals surface area contributed by atoms with E-state index >= 15 is 0 Å². The molecule has 0 aliphatic carbocycles. The molecule has 10 heteroatoms. The van der Waals surface area contributed by atoms with Gasteiger partial charge in [-0.1, -0.05) is 0 Å². The van der Waals surface area contributed by atoms with Crippen molar-refractivity contribution < 1.29 is 33.4 Å². The number of likely N-dealkylation sites (N-methyl/N-ethyl adjacent to an activating group) is 1. The van der Waals surface area contributed by atoms with Crippen LogP contribution in [-0.2, 0) is 19.1 Å². The molecule has 0 saturated heterocycles. The third-order valence-corrected chi connectivity index (χ3v) is 3.19. The van der Waals surface area contributed by atoms with Crippen molar-refractivity contribution in [3.63, 3.8) is 0 Å². The van der Waals surface area contributed by atoms with Crippen LogP contribution < -0.4 is 25.4 Å². The van der Waals surface area contributed by atoms with E-state index in [0.717, 1.165) is 0 Å². The number of carbonyl (C=O) groups is 4. The van der Waals surface area contributed by atoms with E-state index in [2.05, 4.69) is 16.0 Å². The summed E-state index contributed by atoms with van der Waals surface area (Å²) in [5.74, 6) is -1.47. The molecule has 0 saturated carbocycles. The van der Waals surface area contributed by atoms with Crippen LogP contribution in [0.5, 0.6) is 11.5 Å². The van der Waals surface area contributed by atoms with E-state index in [-0.39, 0.29) is 18.0 Å². The lowest BCUT2D eigenvalue weighted by Crippen LogP contribution is -2.39. The SMILES string of the molecule is CCNC(=O)CNC(=O)COC(=O)CNC(=O)c1cc(OC)cc(OC)c1. The van der Waals surface area contributed by atoms with Gasteiger partial charge in [0.25, 0.3) is 11.8 Å². The van der Waals surface area contributed by atoms with Gasteiger partial charge in [-0.3, -0.25) is 19.2 Å². The number of amides is 3. The molecule has 148 valence electrons. The maximum atomic E-state index is 12.1. The first-order valence-electron chi connectivity index (χ1n) is 8.09. The molecular formula is C17H23N3O7. The molecule has 0 unspecified atom stereocenters. The Balaban J connectivity index is 2.40. The van der Waals surface area contributed by atoms with Crippen molar-refractivity contribution in [2.75, 3.05) is 40.5 Å². The highest BCUT2D eigenvalue weighted by molar-refractivity contribution is 5.96. The number of methoxy groups -OCH3 is 2. The van der Waals surface area contributed by atoms with Crippen LogP contribution in [-0.4, -0.2) is 64.2 Å². The van der Waals surface area contributed by atoms with Gasteiger partial charge in [0.1, 0.15) is 18.0 Å². The van der Waals surface area contributed by atoms with E-state index in [1.807, 2.05) is 0 Å². The summed E-state index contributed by atoms with van der Waals surface area (Å²) in [6.07, 6.45) is 0. The highest BCUT2D eigenvalue weighted by Crippen LogP contribution is 2.22. The summed E-state index contributed by atoms with van der Waals surface area (Å²) in [5.41, 5.74) is 0.235. The first-order chi connectivity index (χ1) is 12.9. The second kappa shape index (κ2) is 11.3. The summed E-state index contributed by atoms with van der Waals surface area (Å²) in [4.78, 5) is 46.4. The van der Waals surface area contributed by atoms with Gasteiger partial charge in [-0.2, -0.15) is 0 Å². The number of esters is 1. The van der Waals surface area contributed by atoms with E-state index in [1.165, 1.54) is 26.4 Å². The average Bonchev–Trinajstić information content (AvgIpc) is 2.68. The monoisotopic (exact) mass is 381 g/mol. The average molecular weight is 381 g/mol. The smallest absolute Gasteiger partial charge is 0.325 e. The van der Waals surface area contributed by atoms with Crippen molar-refractivity contribution in [1.82, 2.24) is 16.0 Å². The first-order valence-corrected chi connectivity index (χ1v) is 8.09. The zero-order chi connectivity index (χ0) is 20.2. The van der Waals surface area contributed by atoms with Crippen LogP contribution in [0.2, 0.25) is 0 Å². The molecule has 0 aliphatic rings. The molecular weight excluding hydrogens is 358 g/mol. The zero-order valence-electron chi connectivity index (χ0n) is 15.4. The van der Waals surface area contributed by atoms with Crippen molar-refractivity contribution in [3.8, 4) is 11.5 Å². The molecule has 0 heterocycles. The van der Waals surface area contributed by atoms with Crippen LogP contribution in [0, 0.1) is 0 Å². The second-order valence-corrected chi connectivity index (χ2v) is 5.17. The number of rotatable bonds is 10. The van der Waals surface area contributed by atoms with Crippen LogP contribution in [0.15, 0.2) is 18.2 Å². The van der Waals surface area contributed by atoms with Gasteiger partial charge in [0.2, 0.25) is 5.91 Å². The van der Waals surface area contributed by atoms with Crippen LogP contribution in [0.3, 0.4) is 0 Å². The zero-order valence-corrected chi connectivity index (χ0v) is 15.4. The molecule has 10 nitrogen and oxygen atoms in total. The Hall–Kier alpha value is -3.30. The Morgan fingerprint density at radius 1 is 0.852 bits per heavy atom. The second-order valence-electron chi connectivity index (χ2n) is 5.17. The molecule has 3 N–H and O–H groups in total. The number of hydrogen-bond donors (Lipinski definition) is 3. The Kier molecular flexibility index (Phi) is 9.13. The number of hydrogen-bond acceptors (Lipinski definition) is 7. The van der Waals surface area contributed by atoms with Gasteiger partial charge in [0, 0.05) is 18.2 Å². The maximum absolute atomic E-state index is 12.1. The fourth-order valence-electron chi connectivity index (χ4n) is 1.88. The van der Waals surface area contributed by atoms with E-state index in [0.29, 0.717) is 18.0 Å². The lowest BCUT2D eigenvalue weighted by Gasteiger charge is -2.09.